The van der Waals surface area contributed by atoms with Crippen LogP contribution in [0.25, 0.3) is 0 Å². The number of hydrogen-bond acceptors (Lipinski definition) is 2. The maximum Gasteiger partial charge on any atom is 1.00 e. The summed E-state index contributed by atoms with van der Waals surface area (Å²) in [5.41, 5.74) is -0.754. The van der Waals surface area contributed by atoms with Gasteiger partial charge in [-0.25, -0.2) is 4.21 Å². The number of ether oxygens (including phenoxy) is 1. The van der Waals surface area contributed by atoms with Crippen LogP contribution in [0, 0.1) is 0 Å². The molecule has 0 spiro atoms. The summed E-state index contributed by atoms with van der Waals surface area (Å²) in [7, 11) is 0. The molecule has 2 aromatic rings. The van der Waals surface area contributed by atoms with Crippen LogP contribution in [0.3, 0.4) is 0 Å². The zero-order chi connectivity index (χ0) is 14.8. The van der Waals surface area contributed by atoms with Crippen LogP contribution in [-0.2, 0) is 17.3 Å². The molecule has 0 aliphatic heterocycles. The monoisotopic (exact) mass is 362 g/mol. The van der Waals surface area contributed by atoms with Crippen LogP contribution in [0.2, 0.25) is 0 Å². The number of alkyl halides is 3. The molecule has 0 fully saturated rings. The summed E-state index contributed by atoms with van der Waals surface area (Å²) in [6, 6.07) is 9.98. The topological polar surface area (TPSA) is 110 Å². The van der Waals surface area contributed by atoms with Crippen molar-refractivity contribution < 1.29 is 68.6 Å². The molecule has 10 heteroatoms. The molecule has 0 aliphatic carbocycles. The van der Waals surface area contributed by atoms with Crippen molar-refractivity contribution in [1.82, 2.24) is 0 Å². The van der Waals surface area contributed by atoms with Crippen LogP contribution < -0.4 is 34.3 Å². The summed E-state index contributed by atoms with van der Waals surface area (Å²) in [5.74, 6) is 0.606. The molecule has 0 radical (unpaired) electrons. The Balaban J connectivity index is -0.00000110. The van der Waals surface area contributed by atoms with Gasteiger partial charge in [-0.1, -0.05) is 0 Å². The van der Waals surface area contributed by atoms with Gasteiger partial charge in [0.2, 0.25) is 0 Å². The Kier molecular flexibility index (Phi) is 10.6. The molecule has 0 bridgehead atoms. The first kappa shape index (κ1) is 24.3. The molecule has 1 unspecified atom stereocenters. The van der Waals surface area contributed by atoms with E-state index in [0.717, 1.165) is 12.1 Å². The fraction of sp³-hybridized carbons (Fsp3) is 0.0769. The maximum absolute atomic E-state index is 12.4. The zero-order valence-electron chi connectivity index (χ0n) is 12.9. The van der Waals surface area contributed by atoms with Gasteiger partial charge in [0.1, 0.15) is 11.5 Å². The van der Waals surface area contributed by atoms with Crippen LogP contribution in [-0.4, -0.2) is 19.7 Å². The van der Waals surface area contributed by atoms with Gasteiger partial charge in [0.15, 0.2) is 11.1 Å². The average Bonchev–Trinajstić information content (AvgIpc) is 2.39. The molecule has 0 heterocycles. The summed E-state index contributed by atoms with van der Waals surface area (Å²) >= 11 is -2.08. The maximum atomic E-state index is 12.4. The van der Waals surface area contributed by atoms with Crippen molar-refractivity contribution in [3.05, 3.63) is 54.1 Å². The van der Waals surface area contributed by atoms with Crippen LogP contribution in [0.5, 0.6) is 11.5 Å². The van der Waals surface area contributed by atoms with E-state index in [9.17, 15) is 17.4 Å². The molecule has 0 saturated carbocycles. The summed E-state index contributed by atoms with van der Waals surface area (Å²) < 4.78 is 62.1. The van der Waals surface area contributed by atoms with E-state index in [4.69, 9.17) is 9.29 Å². The van der Waals surface area contributed by atoms with E-state index in [1.54, 1.807) is 0 Å². The van der Waals surface area contributed by atoms with E-state index in [-0.39, 0.29) is 52.6 Å². The van der Waals surface area contributed by atoms with Gasteiger partial charge < -0.3 is 21.7 Å². The quantitative estimate of drug-likeness (QED) is 0.590. The van der Waals surface area contributed by atoms with Crippen LogP contribution in [0.4, 0.5) is 13.2 Å². The molecule has 0 aromatic heterocycles. The van der Waals surface area contributed by atoms with E-state index in [2.05, 4.69) is 0 Å². The average molecular weight is 362 g/mol. The van der Waals surface area contributed by atoms with E-state index in [1.807, 2.05) is 0 Å². The second kappa shape index (κ2) is 10.0. The summed E-state index contributed by atoms with van der Waals surface area (Å²) in [5, 5.41) is 0. The second-order valence-corrected chi connectivity index (χ2v) is 4.81. The van der Waals surface area contributed by atoms with Gasteiger partial charge in [-0.2, -0.15) is 13.2 Å². The van der Waals surface area contributed by atoms with E-state index in [1.165, 1.54) is 36.4 Å². The molecule has 2 rings (SSSR count). The molecular formula is C13H14F3NaO5S. The largest absolute Gasteiger partial charge is 1.00 e. The Bertz CT molecular complexity index is 623. The van der Waals surface area contributed by atoms with Crippen molar-refractivity contribution in [2.24, 2.45) is 0 Å². The Hall–Kier alpha value is -0.940. The predicted molar refractivity (Wildman–Crippen MR) is 75.3 cm³/mol. The third-order valence-corrected chi connectivity index (χ3v) is 3.12. The Morgan fingerprint density at radius 2 is 1.30 bits per heavy atom. The van der Waals surface area contributed by atoms with Gasteiger partial charge in [-0.05, 0) is 48.5 Å². The van der Waals surface area contributed by atoms with Crippen LogP contribution >= 0.6 is 0 Å². The SMILES string of the molecule is O.O.O=S(O)c1ccc(Oc2ccc(C(F)(F)F)cc2)cc1.[H-].[Na+]. The number of halogens is 3. The first-order valence-electron chi connectivity index (χ1n) is 5.42. The standard InChI is InChI=1S/C13H9F3O3S.Na.2H2O.H/c14-13(15,16)9-1-3-10(4-2-9)19-11-5-7-12(8-6-11)20(17)18;;;;/h1-8H,(H,17,18);;2*1H2;/q;+1;;;-1. The number of rotatable bonds is 3. The van der Waals surface area contributed by atoms with Crippen molar-refractivity contribution in [2.75, 3.05) is 0 Å². The first-order chi connectivity index (χ1) is 9.36. The molecular weight excluding hydrogens is 348 g/mol. The fourth-order valence-corrected chi connectivity index (χ4v) is 1.84. The molecule has 124 valence electrons. The van der Waals surface area contributed by atoms with Crippen molar-refractivity contribution >= 4 is 11.1 Å². The molecule has 2 aromatic carbocycles. The summed E-state index contributed by atoms with van der Waals surface area (Å²) in [4.78, 5) is 0.213. The molecule has 0 saturated heterocycles. The number of benzene rings is 2. The van der Waals surface area contributed by atoms with E-state index >= 15 is 0 Å². The Morgan fingerprint density at radius 1 is 0.913 bits per heavy atom. The van der Waals surface area contributed by atoms with Crippen LogP contribution in [0.15, 0.2) is 53.4 Å². The molecule has 23 heavy (non-hydrogen) atoms. The molecule has 5 N–H and O–H groups in total. The molecule has 0 aliphatic rings. The van der Waals surface area contributed by atoms with Gasteiger partial charge >= 0.3 is 35.7 Å². The predicted octanol–water partition coefficient (Wildman–Crippen LogP) is -0.455. The smallest absolute Gasteiger partial charge is 1.00 e. The fourth-order valence-electron chi connectivity index (χ4n) is 1.47. The van der Waals surface area contributed by atoms with Gasteiger partial charge in [0.25, 0.3) is 0 Å². The molecule has 0 amide bonds. The number of hydrogen-bond donors (Lipinski definition) is 1. The van der Waals surface area contributed by atoms with Crippen molar-refractivity contribution in [3.8, 4) is 11.5 Å². The minimum absolute atomic E-state index is 0. The third kappa shape index (κ3) is 7.00. The van der Waals surface area contributed by atoms with Crippen LogP contribution in [0.1, 0.15) is 6.99 Å². The van der Waals surface area contributed by atoms with E-state index in [0.29, 0.717) is 5.75 Å². The second-order valence-electron chi connectivity index (χ2n) is 3.84. The molecule has 5 nitrogen and oxygen atoms in total. The van der Waals surface area contributed by atoms with Gasteiger partial charge in [-0.3, -0.25) is 0 Å². The van der Waals surface area contributed by atoms with Crippen molar-refractivity contribution in [3.63, 3.8) is 0 Å². The van der Waals surface area contributed by atoms with E-state index < -0.39 is 22.8 Å². The first-order valence-corrected chi connectivity index (χ1v) is 6.53. The normalized spacial score (nSPS) is 11.3. The third-order valence-electron chi connectivity index (χ3n) is 2.44. The summed E-state index contributed by atoms with van der Waals surface area (Å²) in [6.45, 7) is 0. The van der Waals surface area contributed by atoms with Gasteiger partial charge in [0, 0.05) is 0 Å². The van der Waals surface area contributed by atoms with Gasteiger partial charge in [-0.15, -0.1) is 0 Å². The van der Waals surface area contributed by atoms with Gasteiger partial charge in [0.05, 0.1) is 10.5 Å². The minimum atomic E-state index is -4.38. The Morgan fingerprint density at radius 3 is 1.65 bits per heavy atom. The molecule has 1 atom stereocenters. The van der Waals surface area contributed by atoms with Crippen molar-refractivity contribution in [1.29, 1.82) is 0 Å². The zero-order valence-corrected chi connectivity index (χ0v) is 14.7. The minimum Gasteiger partial charge on any atom is -1.00 e. The summed E-state index contributed by atoms with van der Waals surface area (Å²) in [6.07, 6.45) is -4.38. The Labute approximate surface area is 156 Å². The van der Waals surface area contributed by atoms with Crippen molar-refractivity contribution in [2.45, 2.75) is 11.1 Å².